The second-order valence-electron chi connectivity index (χ2n) is 4.65. The van der Waals surface area contributed by atoms with Crippen molar-refractivity contribution in [1.29, 1.82) is 0 Å². The molecule has 2 aromatic carbocycles. The Morgan fingerprint density at radius 1 is 1.25 bits per heavy atom. The molecular weight excluding hydrogens is 336 g/mol. The van der Waals surface area contributed by atoms with E-state index in [1.54, 1.807) is 13.0 Å². The SMILES string of the molecule is CC.Cc1ccc(Nc2c(C(=O)O)cc3snnc3c2F)c(F)c1. The Bertz CT molecular complexity index is 896. The lowest BCUT2D eigenvalue weighted by Crippen LogP contribution is -2.06. The van der Waals surface area contributed by atoms with Gasteiger partial charge in [0.2, 0.25) is 0 Å². The number of halogens is 2. The molecule has 0 aliphatic rings. The molecule has 0 spiro atoms. The summed E-state index contributed by atoms with van der Waals surface area (Å²) in [5, 5.41) is 15.4. The van der Waals surface area contributed by atoms with Gasteiger partial charge in [0.15, 0.2) is 5.82 Å². The van der Waals surface area contributed by atoms with Gasteiger partial charge >= 0.3 is 5.97 Å². The predicted molar refractivity (Wildman–Crippen MR) is 90.1 cm³/mol. The number of rotatable bonds is 3. The van der Waals surface area contributed by atoms with E-state index in [0.717, 1.165) is 11.5 Å². The van der Waals surface area contributed by atoms with Gasteiger partial charge in [-0.05, 0) is 42.2 Å². The van der Waals surface area contributed by atoms with E-state index in [4.69, 9.17) is 0 Å². The lowest BCUT2D eigenvalue weighted by atomic mass is 10.1. The van der Waals surface area contributed by atoms with Crippen LogP contribution in [0, 0.1) is 18.6 Å². The highest BCUT2D eigenvalue weighted by Crippen LogP contribution is 2.32. The van der Waals surface area contributed by atoms with Crippen molar-refractivity contribution in [2.45, 2.75) is 20.8 Å². The maximum Gasteiger partial charge on any atom is 0.337 e. The Kier molecular flexibility index (Phi) is 5.40. The first kappa shape index (κ1) is 17.7. The molecule has 0 unspecified atom stereocenters. The molecule has 1 heterocycles. The molecular formula is C16H15F2N3O2S. The largest absolute Gasteiger partial charge is 0.478 e. The van der Waals surface area contributed by atoms with E-state index in [2.05, 4.69) is 14.9 Å². The summed E-state index contributed by atoms with van der Waals surface area (Å²) in [6.45, 7) is 5.71. The minimum absolute atomic E-state index is 0.0189. The molecule has 0 aliphatic carbocycles. The number of benzene rings is 2. The molecule has 3 aromatic rings. The number of hydrogen-bond acceptors (Lipinski definition) is 5. The molecule has 0 atom stereocenters. The normalized spacial score (nSPS) is 10.2. The third-order valence-electron chi connectivity index (χ3n) is 3.10. The van der Waals surface area contributed by atoms with Gasteiger partial charge in [0.1, 0.15) is 11.3 Å². The zero-order valence-electron chi connectivity index (χ0n) is 13.2. The third-order valence-corrected chi connectivity index (χ3v) is 3.77. The number of aromatic nitrogens is 2. The number of carboxylic acids is 1. The van der Waals surface area contributed by atoms with E-state index in [-0.39, 0.29) is 22.5 Å². The number of carboxylic acid groups (broad SMARTS) is 1. The summed E-state index contributed by atoms with van der Waals surface area (Å²) in [6.07, 6.45) is 0. The van der Waals surface area contributed by atoms with Gasteiger partial charge < -0.3 is 10.4 Å². The first-order chi connectivity index (χ1) is 11.5. The van der Waals surface area contributed by atoms with Crippen molar-refractivity contribution < 1.29 is 18.7 Å². The first-order valence-electron chi connectivity index (χ1n) is 7.18. The van der Waals surface area contributed by atoms with Crippen LogP contribution >= 0.6 is 11.5 Å². The molecule has 1 aromatic heterocycles. The van der Waals surface area contributed by atoms with Crippen molar-refractivity contribution in [1.82, 2.24) is 9.59 Å². The molecule has 0 bridgehead atoms. The Balaban J connectivity index is 0.00000100. The van der Waals surface area contributed by atoms with Crippen LogP contribution < -0.4 is 5.32 Å². The third kappa shape index (κ3) is 3.33. The summed E-state index contributed by atoms with van der Waals surface area (Å²) in [5.74, 6) is -2.81. The van der Waals surface area contributed by atoms with E-state index >= 15 is 0 Å². The highest BCUT2D eigenvalue weighted by atomic mass is 32.1. The molecule has 8 heteroatoms. The highest BCUT2D eigenvalue weighted by Gasteiger charge is 2.21. The van der Waals surface area contributed by atoms with Gasteiger partial charge in [-0.3, -0.25) is 0 Å². The number of aryl methyl sites for hydroxylation is 1. The molecule has 2 N–H and O–H groups in total. The Morgan fingerprint density at radius 3 is 2.58 bits per heavy atom. The van der Waals surface area contributed by atoms with Gasteiger partial charge in [0, 0.05) is 0 Å². The summed E-state index contributed by atoms with van der Waals surface area (Å²) in [4.78, 5) is 11.3. The number of nitrogens with one attached hydrogen (secondary N) is 1. The van der Waals surface area contributed by atoms with Crippen LogP contribution in [0.4, 0.5) is 20.2 Å². The summed E-state index contributed by atoms with van der Waals surface area (Å²) in [6, 6.07) is 5.58. The van der Waals surface area contributed by atoms with Crippen molar-refractivity contribution in [2.24, 2.45) is 0 Å². The summed E-state index contributed by atoms with van der Waals surface area (Å²) in [5.41, 5.74) is -0.0211. The molecule has 3 rings (SSSR count). The van der Waals surface area contributed by atoms with Gasteiger partial charge in [0.25, 0.3) is 0 Å². The molecule has 0 saturated heterocycles. The summed E-state index contributed by atoms with van der Waals surface area (Å²) < 4.78 is 32.3. The molecule has 24 heavy (non-hydrogen) atoms. The fraction of sp³-hybridized carbons (Fsp3) is 0.188. The fourth-order valence-corrected chi connectivity index (χ4v) is 2.63. The van der Waals surface area contributed by atoms with Gasteiger partial charge in [0.05, 0.1) is 21.6 Å². The van der Waals surface area contributed by atoms with Gasteiger partial charge in [-0.15, -0.1) is 5.10 Å². The van der Waals surface area contributed by atoms with Crippen LogP contribution in [0.2, 0.25) is 0 Å². The average Bonchev–Trinajstić information content (AvgIpc) is 3.02. The predicted octanol–water partition coefficient (Wildman–Crippen LogP) is 4.75. The number of nitrogens with zero attached hydrogens (tertiary/aromatic N) is 2. The van der Waals surface area contributed by atoms with E-state index < -0.39 is 17.6 Å². The lowest BCUT2D eigenvalue weighted by Gasteiger charge is -2.12. The summed E-state index contributed by atoms with van der Waals surface area (Å²) >= 11 is 0.887. The smallest absolute Gasteiger partial charge is 0.337 e. The Labute approximate surface area is 141 Å². The van der Waals surface area contributed by atoms with Crippen LogP contribution in [0.3, 0.4) is 0 Å². The van der Waals surface area contributed by atoms with Crippen LogP contribution in [-0.4, -0.2) is 20.7 Å². The summed E-state index contributed by atoms with van der Waals surface area (Å²) in [7, 11) is 0. The number of anilines is 2. The van der Waals surface area contributed by atoms with E-state index in [0.29, 0.717) is 10.3 Å². The zero-order valence-corrected chi connectivity index (χ0v) is 14.0. The molecule has 0 fully saturated rings. The van der Waals surface area contributed by atoms with E-state index in [9.17, 15) is 18.7 Å². The monoisotopic (exact) mass is 351 g/mol. The quantitative estimate of drug-likeness (QED) is 0.712. The average molecular weight is 351 g/mol. The minimum atomic E-state index is -1.33. The highest BCUT2D eigenvalue weighted by molar-refractivity contribution is 7.13. The number of fused-ring (bicyclic) bond motifs is 1. The number of hydrogen-bond donors (Lipinski definition) is 2. The van der Waals surface area contributed by atoms with Crippen LogP contribution in [0.1, 0.15) is 29.8 Å². The van der Waals surface area contributed by atoms with Gasteiger partial charge in [-0.25, -0.2) is 13.6 Å². The number of carbonyl (C=O) groups is 1. The molecule has 5 nitrogen and oxygen atoms in total. The molecule has 126 valence electrons. The Morgan fingerprint density at radius 2 is 1.96 bits per heavy atom. The van der Waals surface area contributed by atoms with Crippen molar-refractivity contribution in [3.05, 3.63) is 47.0 Å². The van der Waals surface area contributed by atoms with Gasteiger partial charge in [-0.2, -0.15) is 0 Å². The van der Waals surface area contributed by atoms with Crippen molar-refractivity contribution in [3.63, 3.8) is 0 Å². The Hall–Kier alpha value is -2.61. The van der Waals surface area contributed by atoms with Crippen LogP contribution in [-0.2, 0) is 0 Å². The van der Waals surface area contributed by atoms with Crippen LogP contribution in [0.25, 0.3) is 10.2 Å². The fourth-order valence-electron chi connectivity index (χ4n) is 2.03. The maximum atomic E-state index is 14.5. The van der Waals surface area contributed by atoms with Crippen molar-refractivity contribution in [3.8, 4) is 0 Å². The molecule has 0 amide bonds. The van der Waals surface area contributed by atoms with Crippen molar-refractivity contribution >= 4 is 39.1 Å². The first-order valence-corrected chi connectivity index (χ1v) is 7.95. The molecule has 0 aliphatic heterocycles. The van der Waals surface area contributed by atoms with E-state index in [1.165, 1.54) is 18.2 Å². The second kappa shape index (κ2) is 7.31. The van der Waals surface area contributed by atoms with Gasteiger partial charge in [-0.1, -0.05) is 24.4 Å². The minimum Gasteiger partial charge on any atom is -0.478 e. The number of aromatic carboxylic acids is 1. The maximum absolute atomic E-state index is 14.5. The van der Waals surface area contributed by atoms with Crippen LogP contribution in [0.15, 0.2) is 24.3 Å². The molecule has 0 saturated carbocycles. The van der Waals surface area contributed by atoms with E-state index in [1.807, 2.05) is 13.8 Å². The standard InChI is InChI=1S/C14H9F2N3O2S.C2H6/c1-6-2-3-9(8(15)4-6)17-12-7(14(20)21)5-10-13(11(12)16)18-19-22-10;1-2/h2-5,17H,1H3,(H,20,21);1-2H3. The van der Waals surface area contributed by atoms with Crippen molar-refractivity contribution in [2.75, 3.05) is 5.32 Å². The topological polar surface area (TPSA) is 75.1 Å². The lowest BCUT2D eigenvalue weighted by molar-refractivity contribution is 0.0697. The second-order valence-corrected chi connectivity index (χ2v) is 5.43. The molecule has 0 radical (unpaired) electrons. The zero-order chi connectivity index (χ0) is 17.9. The van der Waals surface area contributed by atoms with Crippen LogP contribution in [0.5, 0.6) is 0 Å².